The van der Waals surface area contributed by atoms with Gasteiger partial charge >= 0.3 is 0 Å². The lowest BCUT2D eigenvalue weighted by atomic mass is 10.0. The molecule has 1 unspecified atom stereocenters. The number of rotatable bonds is 12. The second kappa shape index (κ2) is 13.6. The minimum absolute atomic E-state index is 0.363. The first kappa shape index (κ1) is 21.3. The van der Waals surface area contributed by atoms with Crippen LogP contribution in [0.3, 0.4) is 0 Å². The van der Waals surface area contributed by atoms with E-state index in [1.807, 2.05) is 0 Å². The summed E-state index contributed by atoms with van der Waals surface area (Å²) in [7, 11) is 1.12. The van der Waals surface area contributed by atoms with Gasteiger partial charge < -0.3 is 0 Å². The quantitative estimate of drug-likeness (QED) is 0.321. The van der Waals surface area contributed by atoms with Gasteiger partial charge in [-0.25, -0.2) is 0 Å². The van der Waals surface area contributed by atoms with Crippen molar-refractivity contribution in [3.63, 3.8) is 0 Å². The molecule has 3 heteroatoms. The van der Waals surface area contributed by atoms with E-state index in [1.165, 1.54) is 43.9 Å². The van der Waals surface area contributed by atoms with Crippen LogP contribution in [0.2, 0.25) is 0 Å². The first-order valence-corrected chi connectivity index (χ1v) is 15.5. The van der Waals surface area contributed by atoms with Gasteiger partial charge in [-0.1, -0.05) is 47.0 Å². The molecule has 0 aromatic heterocycles. The molecule has 132 valence electrons. The lowest BCUT2D eigenvalue weighted by molar-refractivity contribution is 0.510. The summed E-state index contributed by atoms with van der Waals surface area (Å²) in [5.41, 5.74) is 1.16. The first-order chi connectivity index (χ1) is 10.7. The second-order valence-electron chi connectivity index (χ2n) is 6.74. The third kappa shape index (κ3) is 8.41. The van der Waals surface area contributed by atoms with Gasteiger partial charge in [0, 0.05) is 0 Å². The van der Waals surface area contributed by atoms with Crippen LogP contribution in [-0.2, 0) is 0 Å². The van der Waals surface area contributed by atoms with Crippen molar-refractivity contribution in [1.82, 2.24) is 0 Å². The van der Waals surface area contributed by atoms with E-state index < -0.39 is 0 Å². The molecular formula is C19H41P3. The van der Waals surface area contributed by atoms with E-state index >= 15 is 0 Å². The van der Waals surface area contributed by atoms with Gasteiger partial charge in [0.05, 0.1) is 0 Å². The van der Waals surface area contributed by atoms with Gasteiger partial charge in [-0.3, -0.25) is 0 Å². The average Bonchev–Trinajstić information content (AvgIpc) is 2.58. The predicted octanol–water partition coefficient (Wildman–Crippen LogP) is 7.23. The molecule has 1 rings (SSSR count). The van der Waals surface area contributed by atoms with E-state index in [9.17, 15) is 0 Å². The van der Waals surface area contributed by atoms with E-state index in [-0.39, 0.29) is 0 Å². The SMILES string of the molecule is CCP(CC)CCCP(CCP(CC)CC)C1CCCCC1. The molecule has 0 aromatic carbocycles. The van der Waals surface area contributed by atoms with Gasteiger partial charge in [0.25, 0.3) is 0 Å². The normalized spacial score (nSPS) is 18.3. The van der Waals surface area contributed by atoms with Crippen LogP contribution in [0.5, 0.6) is 0 Å². The van der Waals surface area contributed by atoms with Crippen molar-refractivity contribution in [2.45, 2.75) is 71.9 Å². The van der Waals surface area contributed by atoms with Crippen LogP contribution in [-0.4, -0.2) is 55.0 Å². The predicted molar refractivity (Wildman–Crippen MR) is 114 cm³/mol. The minimum Gasteiger partial charge on any atom is -0.107 e. The minimum atomic E-state index is 0.363. The topological polar surface area (TPSA) is 0 Å². The van der Waals surface area contributed by atoms with Gasteiger partial charge in [-0.05, 0) is 74.2 Å². The van der Waals surface area contributed by atoms with Crippen LogP contribution in [0, 0.1) is 0 Å². The summed E-state index contributed by atoms with van der Waals surface area (Å²) in [6, 6.07) is 0. The fraction of sp³-hybridized carbons (Fsp3) is 1.00. The van der Waals surface area contributed by atoms with Crippen molar-refractivity contribution in [2.24, 2.45) is 0 Å². The summed E-state index contributed by atoms with van der Waals surface area (Å²) >= 11 is 0. The van der Waals surface area contributed by atoms with E-state index in [2.05, 4.69) is 27.7 Å². The molecule has 0 aliphatic heterocycles. The molecule has 1 aliphatic carbocycles. The largest absolute Gasteiger partial charge is 0.107 e. The van der Waals surface area contributed by atoms with Crippen molar-refractivity contribution in [3.8, 4) is 0 Å². The molecule has 0 spiro atoms. The van der Waals surface area contributed by atoms with Crippen LogP contribution >= 0.6 is 23.8 Å². The molecule has 1 fully saturated rings. The zero-order valence-electron chi connectivity index (χ0n) is 15.8. The van der Waals surface area contributed by atoms with Crippen LogP contribution in [0.1, 0.15) is 66.2 Å². The summed E-state index contributed by atoms with van der Waals surface area (Å²) in [5, 5.41) is 0. The van der Waals surface area contributed by atoms with Crippen LogP contribution in [0.25, 0.3) is 0 Å². The van der Waals surface area contributed by atoms with Crippen molar-refractivity contribution >= 4 is 23.8 Å². The molecule has 1 saturated carbocycles. The third-order valence-corrected chi connectivity index (χ3v) is 14.5. The van der Waals surface area contributed by atoms with Crippen LogP contribution in [0.15, 0.2) is 0 Å². The average molecular weight is 362 g/mol. The van der Waals surface area contributed by atoms with Crippen molar-refractivity contribution in [3.05, 3.63) is 0 Å². The van der Waals surface area contributed by atoms with Crippen LogP contribution in [0.4, 0.5) is 0 Å². The lowest BCUT2D eigenvalue weighted by Gasteiger charge is -2.32. The molecule has 0 amide bonds. The fourth-order valence-electron chi connectivity index (χ4n) is 3.77. The molecule has 0 nitrogen and oxygen atoms in total. The molecule has 1 atom stereocenters. The van der Waals surface area contributed by atoms with Gasteiger partial charge in [0.1, 0.15) is 0 Å². The Morgan fingerprint density at radius 3 is 1.73 bits per heavy atom. The monoisotopic (exact) mass is 362 g/mol. The molecular weight excluding hydrogens is 321 g/mol. The van der Waals surface area contributed by atoms with Crippen LogP contribution < -0.4 is 0 Å². The van der Waals surface area contributed by atoms with E-state index in [4.69, 9.17) is 0 Å². The molecule has 0 bridgehead atoms. The maximum Gasteiger partial charge on any atom is -0.0209 e. The van der Waals surface area contributed by atoms with Crippen molar-refractivity contribution < 1.29 is 0 Å². The highest BCUT2D eigenvalue weighted by Crippen LogP contribution is 2.51. The maximum absolute atomic E-state index is 2.42. The highest BCUT2D eigenvalue weighted by molar-refractivity contribution is 7.62. The highest BCUT2D eigenvalue weighted by atomic mass is 31.1. The van der Waals surface area contributed by atoms with E-state index in [0.29, 0.717) is 23.8 Å². The Bertz CT molecular complexity index is 243. The van der Waals surface area contributed by atoms with Gasteiger partial charge in [0.2, 0.25) is 0 Å². The highest BCUT2D eigenvalue weighted by Gasteiger charge is 2.23. The molecule has 0 radical (unpaired) electrons. The van der Waals surface area contributed by atoms with E-state index in [1.54, 1.807) is 43.9 Å². The Balaban J connectivity index is 2.42. The number of hydrogen-bond acceptors (Lipinski definition) is 0. The summed E-state index contributed by atoms with van der Waals surface area (Å²) in [6.07, 6.45) is 21.6. The molecule has 0 aromatic rings. The summed E-state index contributed by atoms with van der Waals surface area (Å²) < 4.78 is 0. The lowest BCUT2D eigenvalue weighted by Crippen LogP contribution is -2.15. The number of hydrogen-bond donors (Lipinski definition) is 0. The molecule has 1 aliphatic rings. The molecule has 0 N–H and O–H groups in total. The summed E-state index contributed by atoms with van der Waals surface area (Å²) in [4.78, 5) is 0. The molecule has 22 heavy (non-hydrogen) atoms. The van der Waals surface area contributed by atoms with Gasteiger partial charge in [0.15, 0.2) is 0 Å². The Morgan fingerprint density at radius 2 is 1.18 bits per heavy atom. The first-order valence-electron chi connectivity index (χ1n) is 9.93. The fourth-order valence-corrected chi connectivity index (χ4v) is 11.6. The van der Waals surface area contributed by atoms with E-state index in [0.717, 1.165) is 5.66 Å². The summed E-state index contributed by atoms with van der Waals surface area (Å²) in [6.45, 7) is 9.67. The Kier molecular flexibility index (Phi) is 13.2. The maximum atomic E-state index is 2.42. The smallest absolute Gasteiger partial charge is 0.0209 e. The Labute approximate surface area is 145 Å². The Hall–Kier alpha value is 1.29. The summed E-state index contributed by atoms with van der Waals surface area (Å²) in [5.74, 6) is 0. The van der Waals surface area contributed by atoms with Crippen molar-refractivity contribution in [1.29, 1.82) is 0 Å². The third-order valence-electron chi connectivity index (χ3n) is 5.50. The second-order valence-corrected chi connectivity index (χ2v) is 15.6. The zero-order chi connectivity index (χ0) is 16.2. The standard InChI is InChI=1S/C19H41P3/c1-5-20(6-2)15-12-16-22(18-17-21(7-3)8-4)19-13-10-9-11-14-19/h19H,5-18H2,1-4H3. The van der Waals surface area contributed by atoms with Gasteiger partial charge in [-0.15, -0.1) is 23.8 Å². The van der Waals surface area contributed by atoms with Gasteiger partial charge in [-0.2, -0.15) is 0 Å². The molecule has 0 saturated heterocycles. The van der Waals surface area contributed by atoms with Crippen molar-refractivity contribution in [2.75, 3.05) is 49.3 Å². The molecule has 0 heterocycles. The Morgan fingerprint density at radius 1 is 0.636 bits per heavy atom. The zero-order valence-corrected chi connectivity index (χ0v) is 18.5.